The lowest BCUT2D eigenvalue weighted by Gasteiger charge is -2.18. The summed E-state index contributed by atoms with van der Waals surface area (Å²) in [7, 11) is 0. The van der Waals surface area contributed by atoms with Crippen LogP contribution in [0, 0.1) is 0 Å². The maximum absolute atomic E-state index is 5.62. The van der Waals surface area contributed by atoms with Gasteiger partial charge in [-0.1, -0.05) is 0 Å². The van der Waals surface area contributed by atoms with Gasteiger partial charge in [0.1, 0.15) is 0 Å². The molecule has 0 saturated carbocycles. The Balaban J connectivity index is 2.44. The summed E-state index contributed by atoms with van der Waals surface area (Å²) in [5.74, 6) is 0. The number of hydrogen-bond acceptors (Lipinski definition) is 3. The van der Waals surface area contributed by atoms with Gasteiger partial charge in [0, 0.05) is 37.9 Å². The van der Waals surface area contributed by atoms with Crippen LogP contribution in [0.15, 0.2) is 12.3 Å². The van der Waals surface area contributed by atoms with Crippen molar-refractivity contribution in [2.45, 2.75) is 19.5 Å². The normalized spacial score (nSPS) is 15.8. The molecule has 2 heterocycles. The Bertz CT molecular complexity index is 269. The molecule has 0 aliphatic carbocycles. The van der Waals surface area contributed by atoms with Gasteiger partial charge >= 0.3 is 0 Å². The third-order valence-electron chi connectivity index (χ3n) is 2.30. The molecule has 0 amide bonds. The first-order valence-corrected chi connectivity index (χ1v) is 4.28. The number of fused-ring (bicyclic) bond motifs is 1. The van der Waals surface area contributed by atoms with E-state index in [1.807, 2.05) is 12.3 Å². The van der Waals surface area contributed by atoms with E-state index in [0.717, 1.165) is 19.5 Å². The summed E-state index contributed by atoms with van der Waals surface area (Å²) in [6, 6.07) is 2.01. The fourth-order valence-corrected chi connectivity index (χ4v) is 1.62. The van der Waals surface area contributed by atoms with Crippen molar-refractivity contribution in [2.24, 2.45) is 5.73 Å². The molecule has 3 nitrogen and oxygen atoms in total. The van der Waals surface area contributed by atoms with Crippen molar-refractivity contribution in [3.63, 3.8) is 0 Å². The zero-order valence-electron chi connectivity index (χ0n) is 7.01. The third kappa shape index (κ3) is 1.21. The summed E-state index contributed by atoms with van der Waals surface area (Å²) in [6.45, 7) is 2.58. The fraction of sp³-hybridized carbons (Fsp3) is 0.444. The molecule has 2 rings (SSSR count). The molecule has 1 aliphatic rings. The first-order chi connectivity index (χ1) is 5.92. The van der Waals surface area contributed by atoms with Gasteiger partial charge in [-0.15, -0.1) is 0 Å². The smallest absolute Gasteiger partial charge is 0.0464 e. The largest absolute Gasteiger partial charge is 0.326 e. The van der Waals surface area contributed by atoms with Crippen LogP contribution >= 0.6 is 0 Å². The summed E-state index contributed by atoms with van der Waals surface area (Å²) in [5, 5.41) is 3.32. The zero-order valence-corrected chi connectivity index (χ0v) is 7.01. The van der Waals surface area contributed by atoms with Crippen molar-refractivity contribution >= 4 is 0 Å². The summed E-state index contributed by atoms with van der Waals surface area (Å²) in [4.78, 5) is 4.33. The van der Waals surface area contributed by atoms with Crippen LogP contribution in [0.5, 0.6) is 0 Å². The van der Waals surface area contributed by atoms with Crippen LogP contribution in [-0.2, 0) is 19.5 Å². The van der Waals surface area contributed by atoms with Gasteiger partial charge in [0.2, 0.25) is 0 Å². The Hall–Kier alpha value is -0.930. The summed E-state index contributed by atoms with van der Waals surface area (Å²) >= 11 is 0. The van der Waals surface area contributed by atoms with E-state index < -0.39 is 0 Å². The predicted molar refractivity (Wildman–Crippen MR) is 47.5 cm³/mol. The van der Waals surface area contributed by atoms with Crippen LogP contribution in [0.2, 0.25) is 0 Å². The van der Waals surface area contributed by atoms with Crippen molar-refractivity contribution < 1.29 is 0 Å². The highest BCUT2D eigenvalue weighted by molar-refractivity contribution is 5.31. The second-order valence-corrected chi connectivity index (χ2v) is 3.03. The zero-order chi connectivity index (χ0) is 8.39. The SMILES string of the molecule is NCc1ccnc2c1CNCC2. The molecule has 0 saturated heterocycles. The average molecular weight is 163 g/mol. The van der Waals surface area contributed by atoms with Gasteiger partial charge in [0.15, 0.2) is 0 Å². The molecular formula is C9H13N3. The number of pyridine rings is 1. The molecule has 3 N–H and O–H groups in total. The van der Waals surface area contributed by atoms with E-state index in [4.69, 9.17) is 5.73 Å². The Morgan fingerprint density at radius 2 is 2.50 bits per heavy atom. The second-order valence-electron chi connectivity index (χ2n) is 3.03. The molecule has 1 aromatic rings. The van der Waals surface area contributed by atoms with Crippen LogP contribution in [0.1, 0.15) is 16.8 Å². The van der Waals surface area contributed by atoms with Crippen LogP contribution in [0.3, 0.4) is 0 Å². The molecule has 0 spiro atoms. The summed E-state index contributed by atoms with van der Waals surface area (Å²) in [5.41, 5.74) is 9.38. The van der Waals surface area contributed by atoms with E-state index >= 15 is 0 Å². The quantitative estimate of drug-likeness (QED) is 0.621. The van der Waals surface area contributed by atoms with Gasteiger partial charge in [-0.25, -0.2) is 0 Å². The number of nitrogens with one attached hydrogen (secondary N) is 1. The van der Waals surface area contributed by atoms with E-state index in [0.29, 0.717) is 6.54 Å². The monoisotopic (exact) mass is 163 g/mol. The lowest BCUT2D eigenvalue weighted by atomic mass is 10.0. The highest BCUT2D eigenvalue weighted by atomic mass is 14.9. The van der Waals surface area contributed by atoms with Crippen LogP contribution < -0.4 is 11.1 Å². The van der Waals surface area contributed by atoms with Crippen molar-refractivity contribution in [3.05, 3.63) is 29.1 Å². The topological polar surface area (TPSA) is 50.9 Å². The lowest BCUT2D eigenvalue weighted by Crippen LogP contribution is -2.26. The molecule has 0 atom stereocenters. The molecule has 12 heavy (non-hydrogen) atoms. The minimum atomic E-state index is 0.618. The number of nitrogens with two attached hydrogens (primary N) is 1. The van der Waals surface area contributed by atoms with E-state index in [1.54, 1.807) is 0 Å². The molecule has 3 heteroatoms. The maximum Gasteiger partial charge on any atom is 0.0464 e. The maximum atomic E-state index is 5.62. The van der Waals surface area contributed by atoms with E-state index in [9.17, 15) is 0 Å². The van der Waals surface area contributed by atoms with Crippen molar-refractivity contribution in [3.8, 4) is 0 Å². The van der Waals surface area contributed by atoms with Gasteiger partial charge in [0.25, 0.3) is 0 Å². The molecule has 0 unspecified atom stereocenters. The lowest BCUT2D eigenvalue weighted by molar-refractivity contribution is 0.623. The van der Waals surface area contributed by atoms with Gasteiger partial charge in [-0.3, -0.25) is 4.98 Å². The number of hydrogen-bond donors (Lipinski definition) is 2. The standard InChI is InChI=1S/C9H13N3/c10-5-7-1-4-12-9-2-3-11-6-8(7)9/h1,4,11H,2-3,5-6,10H2. The summed E-state index contributed by atoms with van der Waals surface area (Å²) < 4.78 is 0. The molecule has 1 aliphatic heterocycles. The Labute approximate surface area is 72.0 Å². The molecule has 64 valence electrons. The first kappa shape index (κ1) is 7.71. The second kappa shape index (κ2) is 3.21. The molecular weight excluding hydrogens is 150 g/mol. The summed E-state index contributed by atoms with van der Waals surface area (Å²) in [6.07, 6.45) is 2.88. The number of nitrogens with zero attached hydrogens (tertiary/aromatic N) is 1. The van der Waals surface area contributed by atoms with Crippen LogP contribution in [0.4, 0.5) is 0 Å². The Morgan fingerprint density at radius 3 is 3.33 bits per heavy atom. The van der Waals surface area contributed by atoms with E-state index in [1.165, 1.54) is 16.8 Å². The first-order valence-electron chi connectivity index (χ1n) is 4.28. The van der Waals surface area contributed by atoms with Crippen molar-refractivity contribution in [1.29, 1.82) is 0 Å². The van der Waals surface area contributed by atoms with Crippen molar-refractivity contribution in [2.75, 3.05) is 6.54 Å². The average Bonchev–Trinajstić information content (AvgIpc) is 2.17. The highest BCUT2D eigenvalue weighted by Crippen LogP contribution is 2.15. The Morgan fingerprint density at radius 1 is 1.58 bits per heavy atom. The molecule has 0 aromatic carbocycles. The molecule has 0 radical (unpaired) electrons. The van der Waals surface area contributed by atoms with Crippen LogP contribution in [0.25, 0.3) is 0 Å². The van der Waals surface area contributed by atoms with Gasteiger partial charge in [-0.05, 0) is 17.2 Å². The minimum Gasteiger partial charge on any atom is -0.326 e. The van der Waals surface area contributed by atoms with Gasteiger partial charge in [-0.2, -0.15) is 0 Å². The number of aromatic nitrogens is 1. The molecule has 0 fully saturated rings. The van der Waals surface area contributed by atoms with E-state index in [2.05, 4.69) is 10.3 Å². The Kier molecular flexibility index (Phi) is 2.06. The van der Waals surface area contributed by atoms with Gasteiger partial charge < -0.3 is 11.1 Å². The number of rotatable bonds is 1. The van der Waals surface area contributed by atoms with Crippen molar-refractivity contribution in [1.82, 2.24) is 10.3 Å². The molecule has 1 aromatic heterocycles. The minimum absolute atomic E-state index is 0.618. The van der Waals surface area contributed by atoms with Gasteiger partial charge in [0.05, 0.1) is 0 Å². The molecule has 0 bridgehead atoms. The predicted octanol–water partition coefficient (Wildman–Crippen LogP) is 0.186. The highest BCUT2D eigenvalue weighted by Gasteiger charge is 2.11. The van der Waals surface area contributed by atoms with Crippen LogP contribution in [-0.4, -0.2) is 11.5 Å². The fourth-order valence-electron chi connectivity index (χ4n) is 1.62. The third-order valence-corrected chi connectivity index (χ3v) is 2.30. The van der Waals surface area contributed by atoms with E-state index in [-0.39, 0.29) is 0 Å².